The van der Waals surface area contributed by atoms with E-state index in [9.17, 15) is 9.59 Å². The number of aromatic nitrogens is 1. The van der Waals surface area contributed by atoms with E-state index in [-0.39, 0.29) is 0 Å². The Labute approximate surface area is 135 Å². The number of pyridine rings is 1. The van der Waals surface area contributed by atoms with Crippen molar-refractivity contribution in [3.8, 4) is 0 Å². The molecule has 2 rings (SSSR count). The molecule has 1 heterocycles. The van der Waals surface area contributed by atoms with Crippen molar-refractivity contribution in [1.29, 1.82) is 0 Å². The van der Waals surface area contributed by atoms with Crippen LogP contribution in [0.1, 0.15) is 41.3 Å². The van der Waals surface area contributed by atoms with Crippen LogP contribution in [0.15, 0.2) is 54.9 Å². The average Bonchev–Trinajstić information content (AvgIpc) is 2.59. The van der Waals surface area contributed by atoms with Gasteiger partial charge in [-0.15, -0.1) is 0 Å². The second-order valence-corrected chi connectivity index (χ2v) is 5.34. The van der Waals surface area contributed by atoms with Crippen LogP contribution in [-0.2, 0) is 4.79 Å². The number of hydrogen-bond donors (Lipinski definition) is 2. The third-order valence-corrected chi connectivity index (χ3v) is 3.25. The summed E-state index contributed by atoms with van der Waals surface area (Å²) in [6.45, 7) is 4.26. The van der Waals surface area contributed by atoms with E-state index in [0.29, 0.717) is 11.5 Å². The smallest absolute Gasteiger partial charge is 0.268 e. The second kappa shape index (κ2) is 7.89. The number of nitrogens with one attached hydrogen (secondary N) is 2. The summed E-state index contributed by atoms with van der Waals surface area (Å²) in [7, 11) is 0. The summed E-state index contributed by atoms with van der Waals surface area (Å²) >= 11 is 0. The van der Waals surface area contributed by atoms with Crippen molar-refractivity contribution in [2.45, 2.75) is 19.8 Å². The van der Waals surface area contributed by atoms with Crippen LogP contribution in [-0.4, -0.2) is 16.8 Å². The number of benzene rings is 1. The lowest BCUT2D eigenvalue weighted by atomic mass is 10.0. The molecule has 0 aliphatic carbocycles. The zero-order chi connectivity index (χ0) is 16.7. The number of hydrogen-bond acceptors (Lipinski definition) is 3. The van der Waals surface area contributed by atoms with Gasteiger partial charge in [0.05, 0.1) is 5.56 Å². The molecule has 23 heavy (non-hydrogen) atoms. The van der Waals surface area contributed by atoms with Crippen molar-refractivity contribution in [1.82, 2.24) is 15.8 Å². The Morgan fingerprint density at radius 3 is 2.43 bits per heavy atom. The number of carbonyl (C=O) groups excluding carboxylic acids is 2. The monoisotopic (exact) mass is 309 g/mol. The SMILES string of the molecule is CC(C)c1ccc(C=CC(=O)NNC(=O)c2cccnc2)cc1. The van der Waals surface area contributed by atoms with Gasteiger partial charge in [-0.3, -0.25) is 25.4 Å². The van der Waals surface area contributed by atoms with Crippen molar-refractivity contribution in [3.05, 3.63) is 71.6 Å². The number of rotatable bonds is 4. The first-order valence-corrected chi connectivity index (χ1v) is 7.34. The van der Waals surface area contributed by atoms with Gasteiger partial charge in [-0.05, 0) is 35.3 Å². The Kier molecular flexibility index (Phi) is 5.63. The molecule has 0 fully saturated rings. The molecule has 1 aromatic carbocycles. The van der Waals surface area contributed by atoms with Gasteiger partial charge in [0.15, 0.2) is 0 Å². The molecule has 0 aliphatic rings. The summed E-state index contributed by atoms with van der Waals surface area (Å²) in [5.41, 5.74) is 7.20. The first kappa shape index (κ1) is 16.4. The molecular weight excluding hydrogens is 290 g/mol. The van der Waals surface area contributed by atoms with Crippen molar-refractivity contribution in [2.75, 3.05) is 0 Å². The number of hydrazine groups is 1. The topological polar surface area (TPSA) is 71.1 Å². The molecule has 2 amide bonds. The first-order valence-electron chi connectivity index (χ1n) is 7.34. The molecule has 0 unspecified atom stereocenters. The summed E-state index contributed by atoms with van der Waals surface area (Å²) in [6, 6.07) is 11.2. The fourth-order valence-corrected chi connectivity index (χ4v) is 1.89. The summed E-state index contributed by atoms with van der Waals surface area (Å²) in [5.74, 6) is -0.352. The lowest BCUT2D eigenvalue weighted by Crippen LogP contribution is -2.40. The molecule has 0 bridgehead atoms. The van der Waals surface area contributed by atoms with Crippen LogP contribution in [0.25, 0.3) is 6.08 Å². The molecule has 0 radical (unpaired) electrons. The molecule has 0 spiro atoms. The van der Waals surface area contributed by atoms with E-state index in [2.05, 4.69) is 29.7 Å². The number of carbonyl (C=O) groups is 2. The van der Waals surface area contributed by atoms with Crippen LogP contribution in [0.5, 0.6) is 0 Å². The van der Waals surface area contributed by atoms with E-state index < -0.39 is 11.8 Å². The molecule has 0 aliphatic heterocycles. The highest BCUT2D eigenvalue weighted by Gasteiger charge is 2.05. The van der Waals surface area contributed by atoms with Gasteiger partial charge in [-0.1, -0.05) is 38.1 Å². The quantitative estimate of drug-likeness (QED) is 0.674. The van der Waals surface area contributed by atoms with E-state index in [1.807, 2.05) is 24.3 Å². The fourth-order valence-electron chi connectivity index (χ4n) is 1.89. The highest BCUT2D eigenvalue weighted by Crippen LogP contribution is 2.15. The van der Waals surface area contributed by atoms with Gasteiger partial charge in [0.1, 0.15) is 0 Å². The summed E-state index contributed by atoms with van der Waals surface area (Å²) in [6.07, 6.45) is 6.06. The predicted octanol–water partition coefficient (Wildman–Crippen LogP) is 2.68. The van der Waals surface area contributed by atoms with Gasteiger partial charge in [-0.2, -0.15) is 0 Å². The molecule has 0 atom stereocenters. The van der Waals surface area contributed by atoms with Crippen LogP contribution < -0.4 is 10.9 Å². The normalized spacial score (nSPS) is 10.7. The number of amides is 2. The van der Waals surface area contributed by atoms with Gasteiger partial charge in [0.2, 0.25) is 0 Å². The van der Waals surface area contributed by atoms with E-state index >= 15 is 0 Å². The minimum atomic E-state index is -0.416. The third kappa shape index (κ3) is 5.07. The van der Waals surface area contributed by atoms with Gasteiger partial charge < -0.3 is 0 Å². The molecular formula is C18H19N3O2. The summed E-state index contributed by atoms with van der Waals surface area (Å²) < 4.78 is 0. The van der Waals surface area contributed by atoms with E-state index in [0.717, 1.165) is 5.56 Å². The highest BCUT2D eigenvalue weighted by atomic mass is 16.2. The maximum absolute atomic E-state index is 11.7. The lowest BCUT2D eigenvalue weighted by Gasteiger charge is -2.05. The van der Waals surface area contributed by atoms with E-state index in [1.165, 1.54) is 17.8 Å². The standard InChI is InChI=1S/C18H19N3O2/c1-13(2)15-8-5-14(6-9-15)7-10-17(22)20-21-18(23)16-4-3-11-19-12-16/h3-13H,1-2H3,(H,20,22)(H,21,23). The summed E-state index contributed by atoms with van der Waals surface area (Å²) in [5, 5.41) is 0. The summed E-state index contributed by atoms with van der Waals surface area (Å²) in [4.78, 5) is 27.3. The Balaban J connectivity index is 1.85. The molecule has 5 nitrogen and oxygen atoms in total. The predicted molar refractivity (Wildman–Crippen MR) is 89.4 cm³/mol. The Morgan fingerprint density at radius 2 is 1.83 bits per heavy atom. The van der Waals surface area contributed by atoms with Gasteiger partial charge in [0, 0.05) is 18.5 Å². The van der Waals surface area contributed by atoms with E-state index in [1.54, 1.807) is 24.4 Å². The van der Waals surface area contributed by atoms with Crippen LogP contribution in [0.3, 0.4) is 0 Å². The molecule has 5 heteroatoms. The average molecular weight is 309 g/mol. The van der Waals surface area contributed by atoms with Crippen molar-refractivity contribution in [3.63, 3.8) is 0 Å². The zero-order valence-corrected chi connectivity index (χ0v) is 13.1. The minimum absolute atomic E-state index is 0.376. The maximum Gasteiger partial charge on any atom is 0.271 e. The molecule has 0 saturated heterocycles. The lowest BCUT2D eigenvalue weighted by molar-refractivity contribution is -0.117. The second-order valence-electron chi connectivity index (χ2n) is 5.34. The van der Waals surface area contributed by atoms with Gasteiger partial charge in [-0.25, -0.2) is 0 Å². The van der Waals surface area contributed by atoms with Crippen LogP contribution in [0, 0.1) is 0 Å². The molecule has 118 valence electrons. The third-order valence-electron chi connectivity index (χ3n) is 3.25. The van der Waals surface area contributed by atoms with Crippen LogP contribution in [0.4, 0.5) is 0 Å². The number of nitrogens with zero attached hydrogens (tertiary/aromatic N) is 1. The Bertz CT molecular complexity index is 692. The van der Waals surface area contributed by atoms with Crippen LogP contribution in [0.2, 0.25) is 0 Å². The molecule has 1 aromatic heterocycles. The highest BCUT2D eigenvalue weighted by molar-refractivity contribution is 5.97. The minimum Gasteiger partial charge on any atom is -0.268 e. The van der Waals surface area contributed by atoms with Crippen molar-refractivity contribution < 1.29 is 9.59 Å². The van der Waals surface area contributed by atoms with Crippen molar-refractivity contribution >= 4 is 17.9 Å². The first-order chi connectivity index (χ1) is 11.1. The van der Waals surface area contributed by atoms with Gasteiger partial charge in [0.25, 0.3) is 11.8 Å². The maximum atomic E-state index is 11.7. The fraction of sp³-hybridized carbons (Fsp3) is 0.167. The van der Waals surface area contributed by atoms with Crippen molar-refractivity contribution in [2.24, 2.45) is 0 Å². The zero-order valence-electron chi connectivity index (χ0n) is 13.1. The van der Waals surface area contributed by atoms with Gasteiger partial charge >= 0.3 is 0 Å². The Morgan fingerprint density at radius 1 is 1.09 bits per heavy atom. The van der Waals surface area contributed by atoms with E-state index in [4.69, 9.17) is 0 Å². The molecule has 0 saturated carbocycles. The largest absolute Gasteiger partial charge is 0.271 e. The van der Waals surface area contributed by atoms with Crippen LogP contribution >= 0.6 is 0 Å². The molecule has 2 aromatic rings. The molecule has 2 N–H and O–H groups in total. The Hall–Kier alpha value is -2.95.